The number of para-hydroxylation sites is 1. The van der Waals surface area contributed by atoms with E-state index in [-0.39, 0.29) is 39.4 Å². The molecule has 0 amide bonds. The molecule has 2 heterocycles. The molecule has 0 atom stereocenters. The van der Waals surface area contributed by atoms with Gasteiger partial charge in [-0.05, 0) is 89.6 Å². The van der Waals surface area contributed by atoms with Gasteiger partial charge in [-0.3, -0.25) is 9.36 Å². The highest BCUT2D eigenvalue weighted by atomic mass is 19.4. The molecule has 0 spiro atoms. The molecule has 0 saturated carbocycles. The maximum atomic E-state index is 15.3. The van der Waals surface area contributed by atoms with Crippen molar-refractivity contribution in [2.24, 2.45) is 0 Å². The summed E-state index contributed by atoms with van der Waals surface area (Å²) in [6.45, 7) is 13.8. The molecule has 0 bridgehead atoms. The largest absolute Gasteiger partial charge is 0.490 e. The van der Waals surface area contributed by atoms with E-state index >= 15 is 4.39 Å². The summed E-state index contributed by atoms with van der Waals surface area (Å²) in [5, 5.41) is 10.5. The lowest BCUT2D eigenvalue weighted by molar-refractivity contribution is -0.192. The van der Waals surface area contributed by atoms with E-state index in [1.165, 1.54) is 25.1 Å². The van der Waals surface area contributed by atoms with E-state index in [1.807, 2.05) is 0 Å². The third-order valence-electron chi connectivity index (χ3n) is 7.22. The Hall–Kier alpha value is -4.99. The monoisotopic (exact) mass is 709 g/mol. The van der Waals surface area contributed by atoms with Crippen LogP contribution in [0.25, 0.3) is 28.0 Å². The van der Waals surface area contributed by atoms with Crippen molar-refractivity contribution in [3.8, 4) is 16.9 Å². The molecule has 2 N–H and O–H groups in total. The van der Waals surface area contributed by atoms with E-state index < -0.39 is 52.4 Å². The fourth-order valence-electron chi connectivity index (χ4n) is 4.74. The second kappa shape index (κ2) is 16.1. The Bertz CT molecular complexity index is 1900. The van der Waals surface area contributed by atoms with E-state index in [9.17, 15) is 31.5 Å². The second-order valence-electron chi connectivity index (χ2n) is 12.0. The second-order valence-corrected chi connectivity index (χ2v) is 12.0. The number of alkyl halides is 3. The first-order valence-electron chi connectivity index (χ1n) is 15.5. The number of nitrogens with zero attached hydrogens (tertiary/aromatic N) is 4. The molecule has 0 aliphatic rings. The summed E-state index contributed by atoms with van der Waals surface area (Å²) in [5.74, 6) is -6.01. The highest BCUT2D eigenvalue weighted by Gasteiger charge is 2.38. The Morgan fingerprint density at radius 1 is 0.960 bits per heavy atom. The van der Waals surface area contributed by atoms with Gasteiger partial charge in [0.15, 0.2) is 5.65 Å². The minimum Gasteiger partial charge on any atom is -0.475 e. The number of carboxylic acids is 1. The summed E-state index contributed by atoms with van der Waals surface area (Å²) in [6, 6.07) is 8.39. The van der Waals surface area contributed by atoms with Gasteiger partial charge in [0.25, 0.3) is 5.56 Å². The maximum Gasteiger partial charge on any atom is 0.490 e. The summed E-state index contributed by atoms with van der Waals surface area (Å²) in [5.41, 5.74) is -1.68. The van der Waals surface area contributed by atoms with Gasteiger partial charge in [0.1, 0.15) is 28.7 Å². The van der Waals surface area contributed by atoms with Gasteiger partial charge in [0, 0.05) is 23.6 Å². The average Bonchev–Trinajstić information content (AvgIpc) is 3.02. The predicted octanol–water partition coefficient (Wildman–Crippen LogP) is 6.91. The molecule has 50 heavy (non-hydrogen) atoms. The van der Waals surface area contributed by atoms with Crippen molar-refractivity contribution in [1.82, 2.24) is 19.4 Å². The normalized spacial score (nSPS) is 11.7. The minimum atomic E-state index is -5.08. The molecule has 16 heteroatoms. The fourth-order valence-corrected chi connectivity index (χ4v) is 4.74. The highest BCUT2D eigenvalue weighted by Crippen LogP contribution is 2.33. The summed E-state index contributed by atoms with van der Waals surface area (Å²) in [4.78, 5) is 46.3. The van der Waals surface area contributed by atoms with Crippen LogP contribution in [0, 0.1) is 24.4 Å². The average molecular weight is 710 g/mol. The fraction of sp³-hybridized carbons (Fsp3) is 0.382. The summed E-state index contributed by atoms with van der Waals surface area (Å²) in [6.07, 6.45) is -4.34. The van der Waals surface area contributed by atoms with Gasteiger partial charge >= 0.3 is 18.1 Å². The van der Waals surface area contributed by atoms with Crippen molar-refractivity contribution in [3.05, 3.63) is 81.4 Å². The Morgan fingerprint density at radius 3 is 2.10 bits per heavy atom. The number of benzene rings is 2. The number of carbonyl (C=O) groups is 2. The third-order valence-corrected chi connectivity index (χ3v) is 7.22. The number of carboxylic acid groups (broad SMARTS) is 1. The van der Waals surface area contributed by atoms with E-state index in [0.717, 1.165) is 54.9 Å². The van der Waals surface area contributed by atoms with E-state index in [0.29, 0.717) is 6.54 Å². The number of aliphatic carboxylic acids is 1. The number of hydrogen-bond acceptors (Lipinski definition) is 8. The van der Waals surface area contributed by atoms with Crippen molar-refractivity contribution in [1.29, 1.82) is 0 Å². The zero-order valence-corrected chi connectivity index (χ0v) is 28.2. The zero-order valence-electron chi connectivity index (χ0n) is 28.2. The SMILES string of the molecule is CCN(CC)CCCNc1nc(-c2cc(C(=O)OC(C)(C)C)cc(F)c2C)c2ccc(=O)n(-c3c(F)cccc3F)c2n1.O=C(O)C(F)(F)F. The molecule has 0 unspecified atom stereocenters. The Morgan fingerprint density at radius 2 is 1.56 bits per heavy atom. The van der Waals surface area contributed by atoms with Crippen LogP contribution < -0.4 is 10.9 Å². The van der Waals surface area contributed by atoms with Gasteiger partial charge < -0.3 is 20.1 Å². The highest BCUT2D eigenvalue weighted by molar-refractivity contribution is 5.96. The van der Waals surface area contributed by atoms with Gasteiger partial charge in [-0.1, -0.05) is 19.9 Å². The number of rotatable bonds is 10. The van der Waals surface area contributed by atoms with Gasteiger partial charge in [-0.2, -0.15) is 18.2 Å². The number of fused-ring (bicyclic) bond motifs is 1. The number of carbonyl (C=O) groups excluding carboxylic acids is 1. The summed E-state index contributed by atoms with van der Waals surface area (Å²) in [7, 11) is 0. The number of esters is 1. The summed E-state index contributed by atoms with van der Waals surface area (Å²) < 4.78 is 83.3. The number of nitrogens with one attached hydrogen (secondary N) is 1. The van der Waals surface area contributed by atoms with Gasteiger partial charge in [-0.25, -0.2) is 27.7 Å². The molecule has 4 aromatic rings. The molecular weight excluding hydrogens is 672 g/mol. The number of pyridine rings is 1. The lowest BCUT2D eigenvalue weighted by Gasteiger charge is -2.20. The lowest BCUT2D eigenvalue weighted by Crippen LogP contribution is -2.25. The quantitative estimate of drug-likeness (QED) is 0.103. The first-order chi connectivity index (χ1) is 23.3. The standard InChI is InChI=1S/C32H36F3N5O3.C2HF3O2/c1-7-39(8-2)16-10-15-36-31-37-27(22-17-20(18-25(35)19(22)3)30(42)43-32(4,5)6)21-13-14-26(41)40(29(21)38-31)28-23(33)11-9-12-24(28)34;3-2(4,5)1(6)7/h9,11-14,17-18H,7-8,10,15-16H2,1-6H3,(H,36,37,38);(H,6,7). The minimum absolute atomic E-state index is 0.0398. The van der Waals surface area contributed by atoms with Crippen LogP contribution in [-0.2, 0) is 9.53 Å². The van der Waals surface area contributed by atoms with E-state index in [4.69, 9.17) is 14.6 Å². The van der Waals surface area contributed by atoms with Crippen molar-refractivity contribution in [3.63, 3.8) is 0 Å². The molecule has 2 aromatic heterocycles. The first kappa shape index (κ1) is 39.4. The number of aromatic nitrogens is 3. The molecule has 4 rings (SSSR count). The zero-order chi connectivity index (χ0) is 37.6. The van der Waals surface area contributed by atoms with Gasteiger partial charge in [0.2, 0.25) is 5.95 Å². The molecule has 0 saturated heterocycles. The topological polar surface area (TPSA) is 127 Å². The Balaban J connectivity index is 0.000000872. The van der Waals surface area contributed by atoms with Crippen LogP contribution in [0.15, 0.2) is 47.3 Å². The van der Waals surface area contributed by atoms with Crippen LogP contribution in [-0.4, -0.2) is 74.4 Å². The summed E-state index contributed by atoms with van der Waals surface area (Å²) >= 11 is 0. The number of ether oxygens (including phenoxy) is 1. The van der Waals surface area contributed by atoms with E-state index in [2.05, 4.69) is 34.0 Å². The van der Waals surface area contributed by atoms with Crippen molar-refractivity contribution in [2.75, 3.05) is 31.5 Å². The Labute approximate surface area is 283 Å². The molecule has 0 radical (unpaired) electrons. The van der Waals surface area contributed by atoms with Crippen LogP contribution in [0.1, 0.15) is 57.0 Å². The van der Waals surface area contributed by atoms with Crippen LogP contribution in [0.5, 0.6) is 0 Å². The van der Waals surface area contributed by atoms with Crippen molar-refractivity contribution >= 4 is 28.9 Å². The van der Waals surface area contributed by atoms with Crippen LogP contribution in [0.4, 0.5) is 32.3 Å². The van der Waals surface area contributed by atoms with Gasteiger partial charge in [0.05, 0.1) is 11.3 Å². The first-order valence-corrected chi connectivity index (χ1v) is 15.5. The number of anilines is 1. The predicted molar refractivity (Wildman–Crippen MR) is 175 cm³/mol. The molecule has 0 aliphatic heterocycles. The molecular formula is C34H37F6N5O5. The molecule has 270 valence electrons. The maximum absolute atomic E-state index is 15.3. The van der Waals surface area contributed by atoms with Crippen LogP contribution in [0.3, 0.4) is 0 Å². The molecule has 2 aromatic carbocycles. The third kappa shape index (κ3) is 9.80. The van der Waals surface area contributed by atoms with Crippen LogP contribution >= 0.6 is 0 Å². The number of hydrogen-bond donors (Lipinski definition) is 2. The van der Waals surface area contributed by atoms with Crippen molar-refractivity contribution < 1.29 is 45.8 Å². The molecule has 10 nitrogen and oxygen atoms in total. The van der Waals surface area contributed by atoms with Crippen LogP contribution in [0.2, 0.25) is 0 Å². The van der Waals surface area contributed by atoms with Gasteiger partial charge in [-0.15, -0.1) is 0 Å². The van der Waals surface area contributed by atoms with Crippen molar-refractivity contribution in [2.45, 2.75) is 59.7 Å². The number of halogens is 6. The smallest absolute Gasteiger partial charge is 0.475 e. The lowest BCUT2D eigenvalue weighted by atomic mass is 9.99. The Kier molecular flexibility index (Phi) is 12.7. The molecule has 0 fully saturated rings. The van der Waals surface area contributed by atoms with E-state index in [1.54, 1.807) is 20.8 Å². The molecule has 0 aliphatic carbocycles.